The van der Waals surface area contributed by atoms with Gasteiger partial charge in [0.1, 0.15) is 12.0 Å². The third-order valence-corrected chi connectivity index (χ3v) is 9.75. The van der Waals surface area contributed by atoms with Crippen LogP contribution in [0.2, 0.25) is 0 Å². The van der Waals surface area contributed by atoms with Gasteiger partial charge in [-0.25, -0.2) is 9.78 Å². The van der Waals surface area contributed by atoms with Crippen LogP contribution in [0, 0.1) is 23.7 Å². The van der Waals surface area contributed by atoms with Crippen molar-refractivity contribution < 1.29 is 33.6 Å². The molecule has 5 fully saturated rings. The van der Waals surface area contributed by atoms with Crippen molar-refractivity contribution in [3.63, 3.8) is 0 Å². The van der Waals surface area contributed by atoms with Gasteiger partial charge in [-0.15, -0.1) is 11.3 Å². The second-order valence-corrected chi connectivity index (χ2v) is 12.4. The van der Waals surface area contributed by atoms with E-state index in [0.717, 1.165) is 30.6 Å². The number of thiophene rings is 1. The summed E-state index contributed by atoms with van der Waals surface area (Å²) < 4.78 is 18.5. The Morgan fingerprint density at radius 2 is 1.92 bits per heavy atom. The van der Waals surface area contributed by atoms with Crippen molar-refractivity contribution in [3.05, 3.63) is 58.3 Å². The number of allylic oxidation sites excluding steroid dienone is 1. The molecule has 5 heterocycles. The van der Waals surface area contributed by atoms with Crippen LogP contribution in [-0.2, 0) is 24.0 Å². The molecule has 208 valence electrons. The highest BCUT2D eigenvalue weighted by molar-refractivity contribution is 7.10. The maximum atomic E-state index is 12.9. The number of carbonyl (C=O) groups excluding carboxylic acids is 2. The van der Waals surface area contributed by atoms with Crippen molar-refractivity contribution in [2.24, 2.45) is 23.7 Å². The van der Waals surface area contributed by atoms with E-state index in [1.165, 1.54) is 0 Å². The Balaban J connectivity index is 1.07. The molecule has 4 aliphatic heterocycles. The number of hydrogen-bond donors (Lipinski definition) is 1. The average molecular weight is 554 g/mol. The highest BCUT2D eigenvalue weighted by Crippen LogP contribution is 2.60. The van der Waals surface area contributed by atoms with Crippen LogP contribution in [0.3, 0.4) is 0 Å². The number of benzene rings is 1. The molecular weight excluding hydrogens is 518 g/mol. The zero-order chi connectivity index (χ0) is 27.2. The molecule has 4 saturated heterocycles. The van der Waals surface area contributed by atoms with Gasteiger partial charge in [-0.05, 0) is 85.9 Å². The zero-order valence-electron chi connectivity index (χ0n) is 22.5. The molecular formula is C30H35NO7S. The molecule has 0 unspecified atom stereocenters. The van der Waals surface area contributed by atoms with E-state index >= 15 is 0 Å². The van der Waals surface area contributed by atoms with Crippen LogP contribution in [-0.4, -0.2) is 42.2 Å². The molecule has 1 aromatic heterocycles. The van der Waals surface area contributed by atoms with Gasteiger partial charge in [-0.3, -0.25) is 9.59 Å². The van der Waals surface area contributed by atoms with E-state index in [1.54, 1.807) is 47.8 Å². The van der Waals surface area contributed by atoms with Gasteiger partial charge in [-0.2, -0.15) is 0 Å². The smallest absolute Gasteiger partial charge is 0.259 e. The van der Waals surface area contributed by atoms with E-state index in [-0.39, 0.29) is 36.1 Å². The van der Waals surface area contributed by atoms with Crippen LogP contribution in [0.4, 0.5) is 0 Å². The minimum absolute atomic E-state index is 0.00221. The molecule has 1 saturated carbocycles. The van der Waals surface area contributed by atoms with Gasteiger partial charge < -0.3 is 19.5 Å². The van der Waals surface area contributed by atoms with E-state index in [0.29, 0.717) is 17.2 Å². The van der Waals surface area contributed by atoms with Gasteiger partial charge in [0.25, 0.3) is 5.91 Å². The van der Waals surface area contributed by atoms with Gasteiger partial charge in [0.05, 0.1) is 0 Å². The average Bonchev–Trinajstić information content (AvgIpc) is 3.35. The van der Waals surface area contributed by atoms with Crippen LogP contribution < -0.4 is 10.1 Å². The third-order valence-electron chi connectivity index (χ3n) is 8.91. The van der Waals surface area contributed by atoms with E-state index in [2.05, 4.69) is 19.2 Å². The van der Waals surface area contributed by atoms with E-state index in [9.17, 15) is 9.59 Å². The molecule has 9 heteroatoms. The lowest BCUT2D eigenvalue weighted by Crippen LogP contribution is -2.72. The number of ether oxygens (including phenoxy) is 3. The molecule has 1 aliphatic carbocycles. The van der Waals surface area contributed by atoms with Crippen molar-refractivity contribution in [2.75, 3.05) is 6.61 Å². The Bertz CT molecular complexity index is 1230. The molecule has 7 rings (SSSR count). The Hall–Kier alpha value is -2.56. The van der Waals surface area contributed by atoms with Crippen LogP contribution >= 0.6 is 11.3 Å². The summed E-state index contributed by atoms with van der Waals surface area (Å²) in [6.45, 7) is 6.09. The topological polar surface area (TPSA) is 92.3 Å². The fraction of sp³-hybridized carbons (Fsp3) is 0.533. The number of nitrogens with one attached hydrogen (secondary N) is 1. The normalized spacial score (nSPS) is 37.2. The summed E-state index contributed by atoms with van der Waals surface area (Å²) in [4.78, 5) is 38.4. The quantitative estimate of drug-likeness (QED) is 0.281. The Morgan fingerprint density at radius 1 is 1.10 bits per heavy atom. The monoisotopic (exact) mass is 553 g/mol. The molecule has 5 aliphatic rings. The van der Waals surface area contributed by atoms with Gasteiger partial charge in [-0.1, -0.05) is 19.9 Å². The van der Waals surface area contributed by atoms with Gasteiger partial charge >= 0.3 is 0 Å². The van der Waals surface area contributed by atoms with Crippen LogP contribution in [0.1, 0.15) is 61.7 Å². The Labute approximate surface area is 232 Å². The van der Waals surface area contributed by atoms with Crippen molar-refractivity contribution >= 4 is 29.1 Å². The lowest BCUT2D eigenvalue weighted by atomic mass is 9.58. The minimum atomic E-state index is -0.858. The molecule has 1 amide bonds. The summed E-state index contributed by atoms with van der Waals surface area (Å²) in [6, 6.07) is 10.7. The summed E-state index contributed by atoms with van der Waals surface area (Å²) in [5, 5.41) is 4.98. The first-order valence-electron chi connectivity index (χ1n) is 13.8. The first-order chi connectivity index (χ1) is 18.8. The second kappa shape index (κ2) is 10.4. The molecule has 2 bridgehead atoms. The summed E-state index contributed by atoms with van der Waals surface area (Å²) in [7, 11) is 0. The van der Waals surface area contributed by atoms with Gasteiger partial charge in [0, 0.05) is 28.7 Å². The highest BCUT2D eigenvalue weighted by Gasteiger charge is 2.69. The Kier molecular flexibility index (Phi) is 7.14. The predicted molar refractivity (Wildman–Crippen MR) is 145 cm³/mol. The lowest BCUT2D eigenvalue weighted by molar-refractivity contribution is -0.571. The molecule has 1 N–H and O–H groups in total. The summed E-state index contributed by atoms with van der Waals surface area (Å²) in [5.41, 5.74) is -0.112. The van der Waals surface area contributed by atoms with Gasteiger partial charge in [0.15, 0.2) is 24.3 Å². The fourth-order valence-electron chi connectivity index (χ4n) is 6.77. The fourth-order valence-corrected chi connectivity index (χ4v) is 7.39. The van der Waals surface area contributed by atoms with Crippen LogP contribution in [0.5, 0.6) is 5.75 Å². The van der Waals surface area contributed by atoms with Crippen molar-refractivity contribution in [2.45, 2.75) is 70.4 Å². The SMILES string of the molecule is C[C@H]1[C@H](NC(=O)COc2ccc(C(=O)/C=C/c3cccs3)cc2)O[C@@H]2O[C@@]3(C)CC[C@H]4[C@H](C)CC[C@@H]1[C@@]24OO3. The molecule has 1 aromatic carbocycles. The van der Waals surface area contributed by atoms with Gasteiger partial charge in [0.2, 0.25) is 5.79 Å². The standard InChI is InChI=1S/C30H35NO7S/c1-18-6-12-24-19(2)27(35-28-30(24)23(18)14-15-29(3,36-28)37-38-30)31-26(33)17-34-21-9-7-20(8-10-21)25(32)13-11-22-5-4-16-39-22/h4-5,7-11,13,16,18-19,23-24,27-28H,6,12,14-15,17H2,1-3H3,(H,31,33)/b13-11+/t18-,19-,23+,24+,27-,28-,29-,30-/m1/s1. The van der Waals surface area contributed by atoms with E-state index in [4.69, 9.17) is 24.0 Å². The molecule has 39 heavy (non-hydrogen) atoms. The largest absolute Gasteiger partial charge is 0.484 e. The molecule has 8 atom stereocenters. The number of amides is 1. The predicted octanol–water partition coefficient (Wildman–Crippen LogP) is 5.35. The molecule has 2 aromatic rings. The van der Waals surface area contributed by atoms with Crippen molar-refractivity contribution in [1.82, 2.24) is 5.32 Å². The third kappa shape index (κ3) is 4.95. The zero-order valence-corrected chi connectivity index (χ0v) is 23.3. The minimum Gasteiger partial charge on any atom is -0.484 e. The number of rotatable bonds is 7. The summed E-state index contributed by atoms with van der Waals surface area (Å²) >= 11 is 1.57. The number of hydrogen-bond acceptors (Lipinski definition) is 8. The first-order valence-corrected chi connectivity index (χ1v) is 14.6. The summed E-state index contributed by atoms with van der Waals surface area (Å²) in [6.07, 6.45) is 5.97. The lowest BCUT2D eigenvalue weighted by Gasteiger charge is -2.60. The first kappa shape index (κ1) is 26.7. The van der Waals surface area contributed by atoms with Crippen LogP contribution in [0.15, 0.2) is 47.9 Å². The molecule has 8 nitrogen and oxygen atoms in total. The number of carbonyl (C=O) groups is 2. The van der Waals surface area contributed by atoms with Crippen LogP contribution in [0.25, 0.3) is 6.08 Å². The Morgan fingerprint density at radius 3 is 2.69 bits per heavy atom. The van der Waals surface area contributed by atoms with Crippen molar-refractivity contribution in [1.29, 1.82) is 0 Å². The van der Waals surface area contributed by atoms with E-state index < -0.39 is 23.9 Å². The molecule has 0 radical (unpaired) electrons. The maximum Gasteiger partial charge on any atom is 0.259 e. The highest BCUT2D eigenvalue weighted by atomic mass is 32.1. The maximum absolute atomic E-state index is 12.9. The second-order valence-electron chi connectivity index (χ2n) is 11.4. The van der Waals surface area contributed by atoms with Crippen molar-refractivity contribution in [3.8, 4) is 5.75 Å². The number of ketones is 1. The number of fused-ring (bicyclic) bond motifs is 2. The molecule has 1 spiro atoms. The van der Waals surface area contributed by atoms with E-state index in [1.807, 2.05) is 24.4 Å². The summed E-state index contributed by atoms with van der Waals surface area (Å²) in [5.74, 6) is 0.151.